The summed E-state index contributed by atoms with van der Waals surface area (Å²) >= 11 is 0. The Morgan fingerprint density at radius 2 is 2.38 bits per heavy atom. The number of aliphatic hydroxyl groups is 1. The molecule has 2 heterocycles. The number of anilines is 2. The van der Waals surface area contributed by atoms with Gasteiger partial charge in [-0.2, -0.15) is 0 Å². The van der Waals surface area contributed by atoms with E-state index in [9.17, 15) is 9.90 Å². The number of carbonyl (C=O) groups is 1. The number of amides is 1. The van der Waals surface area contributed by atoms with E-state index in [0.29, 0.717) is 12.4 Å². The van der Waals surface area contributed by atoms with Crippen LogP contribution in [0.2, 0.25) is 0 Å². The molecule has 2 rings (SSSR count). The van der Waals surface area contributed by atoms with Crippen molar-refractivity contribution >= 4 is 17.5 Å². The minimum atomic E-state index is -0.0496. The molecule has 1 unspecified atom stereocenters. The molecule has 1 aromatic heterocycles. The maximum Gasteiger partial charge on any atom is 0.239 e. The number of hydrogen-bond donors (Lipinski definition) is 3. The number of hydrogen-bond acceptors (Lipinski definition) is 6. The molecule has 1 fully saturated rings. The normalized spacial score (nSPS) is 17.8. The Kier molecular flexibility index (Phi) is 5.74. The van der Waals surface area contributed by atoms with E-state index >= 15 is 0 Å². The van der Waals surface area contributed by atoms with Crippen molar-refractivity contribution in [1.82, 2.24) is 15.3 Å². The zero-order valence-electron chi connectivity index (χ0n) is 12.4. The molecule has 1 aromatic rings. The third-order valence-corrected chi connectivity index (χ3v) is 3.54. The van der Waals surface area contributed by atoms with Crippen molar-refractivity contribution in [2.24, 2.45) is 0 Å². The minimum absolute atomic E-state index is 0.0496. The standard InChI is InChI=1S/C14H23N5O2/c1-2-5-15-14(21)8-16-12-7-13(18-10-17-12)19-6-3-4-11(19)9-20/h7,10-11,20H,2-6,8-9H2,1H3,(H,15,21)(H,16,17,18). The van der Waals surface area contributed by atoms with Crippen LogP contribution in [-0.2, 0) is 4.79 Å². The maximum atomic E-state index is 11.6. The monoisotopic (exact) mass is 293 g/mol. The van der Waals surface area contributed by atoms with Crippen molar-refractivity contribution in [3.8, 4) is 0 Å². The summed E-state index contributed by atoms with van der Waals surface area (Å²) in [4.78, 5) is 22.0. The molecule has 7 heteroatoms. The molecular formula is C14H23N5O2. The number of nitrogens with one attached hydrogen (secondary N) is 2. The summed E-state index contributed by atoms with van der Waals surface area (Å²) < 4.78 is 0. The zero-order chi connectivity index (χ0) is 15.1. The Hall–Kier alpha value is -1.89. The molecule has 0 radical (unpaired) electrons. The van der Waals surface area contributed by atoms with E-state index in [1.165, 1.54) is 6.33 Å². The number of nitrogens with zero attached hydrogens (tertiary/aromatic N) is 3. The van der Waals surface area contributed by atoms with E-state index in [4.69, 9.17) is 0 Å². The van der Waals surface area contributed by atoms with Crippen LogP contribution >= 0.6 is 0 Å². The van der Waals surface area contributed by atoms with Gasteiger partial charge in [0.05, 0.1) is 19.2 Å². The first-order chi connectivity index (χ1) is 10.2. The van der Waals surface area contributed by atoms with Crippen LogP contribution in [0, 0.1) is 0 Å². The van der Waals surface area contributed by atoms with Gasteiger partial charge in [-0.05, 0) is 19.3 Å². The average molecular weight is 293 g/mol. The number of aromatic nitrogens is 2. The summed E-state index contributed by atoms with van der Waals surface area (Å²) in [6, 6.07) is 1.95. The molecule has 3 N–H and O–H groups in total. The van der Waals surface area contributed by atoms with E-state index < -0.39 is 0 Å². The molecule has 116 valence electrons. The van der Waals surface area contributed by atoms with Gasteiger partial charge in [0, 0.05) is 19.2 Å². The second-order valence-corrected chi connectivity index (χ2v) is 5.14. The van der Waals surface area contributed by atoms with Crippen molar-refractivity contribution in [2.75, 3.05) is 36.5 Å². The lowest BCUT2D eigenvalue weighted by Gasteiger charge is -2.24. The van der Waals surface area contributed by atoms with Gasteiger partial charge >= 0.3 is 0 Å². The minimum Gasteiger partial charge on any atom is -0.394 e. The van der Waals surface area contributed by atoms with Crippen LogP contribution in [0.1, 0.15) is 26.2 Å². The molecule has 7 nitrogen and oxygen atoms in total. The second-order valence-electron chi connectivity index (χ2n) is 5.14. The molecule has 21 heavy (non-hydrogen) atoms. The molecule has 1 atom stereocenters. The summed E-state index contributed by atoms with van der Waals surface area (Å²) in [5.74, 6) is 1.36. The van der Waals surface area contributed by atoms with Crippen LogP contribution in [0.25, 0.3) is 0 Å². The predicted molar refractivity (Wildman–Crippen MR) is 81.3 cm³/mol. The van der Waals surface area contributed by atoms with Crippen LogP contribution in [0.3, 0.4) is 0 Å². The second kappa shape index (κ2) is 7.78. The van der Waals surface area contributed by atoms with Crippen LogP contribution in [0.5, 0.6) is 0 Å². The van der Waals surface area contributed by atoms with Crippen molar-refractivity contribution in [3.05, 3.63) is 12.4 Å². The third-order valence-electron chi connectivity index (χ3n) is 3.54. The first kappa shape index (κ1) is 15.5. The molecule has 0 bridgehead atoms. The van der Waals surface area contributed by atoms with Gasteiger partial charge in [-0.3, -0.25) is 4.79 Å². The molecule has 1 aliphatic heterocycles. The van der Waals surface area contributed by atoms with Crippen LogP contribution in [0.4, 0.5) is 11.6 Å². The Labute approximate surface area is 124 Å². The topological polar surface area (TPSA) is 90.4 Å². The highest BCUT2D eigenvalue weighted by molar-refractivity contribution is 5.80. The Balaban J connectivity index is 1.93. The Morgan fingerprint density at radius 3 is 3.14 bits per heavy atom. The third kappa shape index (κ3) is 4.29. The number of aliphatic hydroxyl groups excluding tert-OH is 1. The van der Waals surface area contributed by atoms with Crippen LogP contribution < -0.4 is 15.5 Å². The lowest BCUT2D eigenvalue weighted by molar-refractivity contribution is -0.119. The van der Waals surface area contributed by atoms with Gasteiger partial charge in [0.25, 0.3) is 0 Å². The summed E-state index contributed by atoms with van der Waals surface area (Å²) in [7, 11) is 0. The first-order valence-corrected chi connectivity index (χ1v) is 7.44. The van der Waals surface area contributed by atoms with Gasteiger partial charge < -0.3 is 20.6 Å². The van der Waals surface area contributed by atoms with E-state index in [1.54, 1.807) is 0 Å². The van der Waals surface area contributed by atoms with E-state index in [2.05, 4.69) is 25.5 Å². The fraction of sp³-hybridized carbons (Fsp3) is 0.643. The van der Waals surface area contributed by atoms with Crippen LogP contribution in [0.15, 0.2) is 12.4 Å². The summed E-state index contributed by atoms with van der Waals surface area (Å²) in [5, 5.41) is 15.2. The Bertz CT molecular complexity index is 468. The van der Waals surface area contributed by atoms with Gasteiger partial charge in [0.15, 0.2) is 0 Å². The quantitative estimate of drug-likeness (QED) is 0.673. The van der Waals surface area contributed by atoms with Gasteiger partial charge in [-0.1, -0.05) is 6.92 Å². The first-order valence-electron chi connectivity index (χ1n) is 7.44. The van der Waals surface area contributed by atoms with E-state index in [1.807, 2.05) is 13.0 Å². The molecule has 0 aliphatic carbocycles. The van der Waals surface area contributed by atoms with Crippen molar-refractivity contribution in [1.29, 1.82) is 0 Å². The lowest BCUT2D eigenvalue weighted by atomic mass is 10.2. The van der Waals surface area contributed by atoms with Crippen LogP contribution in [-0.4, -0.2) is 53.3 Å². The highest BCUT2D eigenvalue weighted by Gasteiger charge is 2.25. The molecule has 0 saturated carbocycles. The molecular weight excluding hydrogens is 270 g/mol. The highest BCUT2D eigenvalue weighted by Crippen LogP contribution is 2.24. The van der Waals surface area contributed by atoms with Crippen molar-refractivity contribution in [3.63, 3.8) is 0 Å². The molecule has 1 amide bonds. The fourth-order valence-electron chi connectivity index (χ4n) is 2.43. The Morgan fingerprint density at radius 1 is 1.52 bits per heavy atom. The average Bonchev–Trinajstić information content (AvgIpc) is 2.99. The lowest BCUT2D eigenvalue weighted by Crippen LogP contribution is -2.33. The fourth-order valence-corrected chi connectivity index (χ4v) is 2.43. The summed E-state index contributed by atoms with van der Waals surface area (Å²) in [6.45, 7) is 3.91. The molecule has 1 saturated heterocycles. The predicted octanol–water partition coefficient (Wildman–Crippen LogP) is 0.376. The number of carbonyl (C=O) groups excluding carboxylic acids is 1. The summed E-state index contributed by atoms with van der Waals surface area (Å²) in [6.07, 6.45) is 4.43. The molecule has 1 aliphatic rings. The van der Waals surface area contributed by atoms with Gasteiger partial charge in [0.1, 0.15) is 18.0 Å². The van der Waals surface area contributed by atoms with Crippen molar-refractivity contribution in [2.45, 2.75) is 32.2 Å². The smallest absolute Gasteiger partial charge is 0.239 e. The van der Waals surface area contributed by atoms with E-state index in [0.717, 1.165) is 31.6 Å². The maximum absolute atomic E-state index is 11.6. The largest absolute Gasteiger partial charge is 0.394 e. The SMILES string of the molecule is CCCNC(=O)CNc1cc(N2CCCC2CO)ncn1. The summed E-state index contributed by atoms with van der Waals surface area (Å²) in [5.41, 5.74) is 0. The van der Waals surface area contributed by atoms with E-state index in [-0.39, 0.29) is 25.1 Å². The van der Waals surface area contributed by atoms with Gasteiger partial charge in [-0.15, -0.1) is 0 Å². The highest BCUT2D eigenvalue weighted by atomic mass is 16.3. The zero-order valence-corrected chi connectivity index (χ0v) is 12.4. The van der Waals surface area contributed by atoms with Gasteiger partial charge in [0.2, 0.25) is 5.91 Å². The van der Waals surface area contributed by atoms with Gasteiger partial charge in [-0.25, -0.2) is 9.97 Å². The van der Waals surface area contributed by atoms with Crippen molar-refractivity contribution < 1.29 is 9.90 Å². The molecule has 0 aromatic carbocycles. The molecule has 0 spiro atoms. The number of rotatable bonds is 7.